The number of esters is 1. The van der Waals surface area contributed by atoms with E-state index in [0.717, 1.165) is 9.26 Å². The molecule has 0 aliphatic carbocycles. The maximum absolute atomic E-state index is 11.6. The molecule has 0 aliphatic rings. The minimum atomic E-state index is -4.36. The number of rotatable bonds is 5. The lowest BCUT2D eigenvalue weighted by molar-refractivity contribution is 0.0528. The lowest BCUT2D eigenvalue weighted by Crippen LogP contribution is -2.15. The molecule has 1 aromatic carbocycles. The van der Waals surface area contributed by atoms with Crippen molar-refractivity contribution >= 4 is 44.4 Å². The summed E-state index contributed by atoms with van der Waals surface area (Å²) in [6.45, 7) is -0.434. The van der Waals surface area contributed by atoms with Gasteiger partial charge in [-0.25, -0.2) is 13.2 Å². The lowest BCUT2D eigenvalue weighted by atomic mass is 10.2. The molecule has 0 aliphatic heterocycles. The molecule has 0 N–H and O–H groups in total. The highest BCUT2D eigenvalue weighted by atomic mass is 127. The van der Waals surface area contributed by atoms with Crippen LogP contribution >= 0.6 is 22.6 Å². The summed E-state index contributed by atoms with van der Waals surface area (Å²) < 4.78 is 36.7. The fraction of sp³-hybridized carbons (Fsp3) is 0.364. The number of hydrogen-bond acceptors (Lipinski definition) is 6. The highest BCUT2D eigenvalue weighted by molar-refractivity contribution is 14.1. The van der Waals surface area contributed by atoms with E-state index in [0.29, 0.717) is 5.56 Å². The van der Waals surface area contributed by atoms with Gasteiger partial charge in [0.15, 0.2) is 0 Å². The third-order valence-corrected chi connectivity index (χ3v) is 3.76. The summed E-state index contributed by atoms with van der Waals surface area (Å²) in [5, 5.41) is 0. The number of ether oxygens (including phenoxy) is 1. The first-order valence-corrected chi connectivity index (χ1v) is 7.94. The van der Waals surface area contributed by atoms with Crippen LogP contribution in [0.2, 0.25) is 0 Å². The predicted molar refractivity (Wildman–Crippen MR) is 78.3 cm³/mol. The van der Waals surface area contributed by atoms with Crippen LogP contribution in [0.5, 0.6) is 0 Å². The fourth-order valence-electron chi connectivity index (χ4n) is 1.32. The summed E-state index contributed by atoms with van der Waals surface area (Å²) in [6, 6.07) is 5.00. The molecule has 1 aromatic rings. The number of nitrogens with zero attached hydrogens (tertiary/aromatic N) is 1. The molecule has 6 nitrogen and oxygen atoms in total. The molecular weight excluding hydrogens is 385 g/mol. The maximum atomic E-state index is 11.6. The number of anilines is 1. The molecule has 0 heterocycles. The Morgan fingerprint density at radius 2 is 2.05 bits per heavy atom. The van der Waals surface area contributed by atoms with Crippen LogP contribution < -0.4 is 4.90 Å². The van der Waals surface area contributed by atoms with Crippen LogP contribution in [0.4, 0.5) is 5.69 Å². The standard InChI is InChI=1S/C11H14INO5S/c1-13(2)10-4-3-8(7-9(10)12)11(14)18-5-6-19(15,16)17/h3-4,7H,5-6H2,1-2H3,(H,15,16,17)/p-1. The Hall–Kier alpha value is -0.870. The van der Waals surface area contributed by atoms with Crippen molar-refractivity contribution in [3.05, 3.63) is 27.3 Å². The maximum Gasteiger partial charge on any atom is 0.338 e. The summed E-state index contributed by atoms with van der Waals surface area (Å²) in [6.07, 6.45) is 0. The van der Waals surface area contributed by atoms with Gasteiger partial charge in [-0.15, -0.1) is 0 Å². The average molecular weight is 398 g/mol. The van der Waals surface area contributed by atoms with Gasteiger partial charge in [0.2, 0.25) is 0 Å². The van der Waals surface area contributed by atoms with E-state index in [-0.39, 0.29) is 0 Å². The molecule has 0 amide bonds. The van der Waals surface area contributed by atoms with Gasteiger partial charge in [0.1, 0.15) is 6.61 Å². The van der Waals surface area contributed by atoms with Crippen molar-refractivity contribution in [1.29, 1.82) is 0 Å². The zero-order valence-corrected chi connectivity index (χ0v) is 13.4. The van der Waals surface area contributed by atoms with Gasteiger partial charge in [0.25, 0.3) is 0 Å². The Bertz CT molecular complexity index is 570. The molecular formula is C11H13INO5S-. The first kappa shape index (κ1) is 16.2. The van der Waals surface area contributed by atoms with E-state index in [9.17, 15) is 17.8 Å². The van der Waals surface area contributed by atoms with Crippen LogP contribution in [-0.4, -0.2) is 45.4 Å². The fourth-order valence-corrected chi connectivity index (χ4v) is 2.60. The van der Waals surface area contributed by atoms with Gasteiger partial charge in [0, 0.05) is 23.4 Å². The second kappa shape index (κ2) is 6.53. The number of carbonyl (C=O) groups excluding carboxylic acids is 1. The Kier molecular flexibility index (Phi) is 5.56. The minimum absolute atomic E-state index is 0.318. The molecule has 1 rings (SSSR count). The van der Waals surface area contributed by atoms with Crippen LogP contribution in [-0.2, 0) is 14.9 Å². The third-order valence-electron chi connectivity index (χ3n) is 2.23. The van der Waals surface area contributed by atoms with E-state index in [1.165, 1.54) is 0 Å². The molecule has 0 unspecified atom stereocenters. The molecule has 0 saturated carbocycles. The summed E-state index contributed by atoms with van der Waals surface area (Å²) in [4.78, 5) is 13.5. The molecule has 0 bridgehead atoms. The van der Waals surface area contributed by atoms with Crippen LogP contribution in [0.1, 0.15) is 10.4 Å². The van der Waals surface area contributed by atoms with E-state index >= 15 is 0 Å². The van der Waals surface area contributed by atoms with Crippen molar-refractivity contribution in [2.45, 2.75) is 0 Å². The predicted octanol–water partition coefficient (Wildman–Crippen LogP) is 1.06. The number of halogens is 1. The monoisotopic (exact) mass is 398 g/mol. The first-order chi connectivity index (χ1) is 8.70. The summed E-state index contributed by atoms with van der Waals surface area (Å²) >= 11 is 2.09. The molecule has 0 aromatic heterocycles. The smallest absolute Gasteiger partial charge is 0.338 e. The van der Waals surface area contributed by atoms with E-state index in [2.05, 4.69) is 22.6 Å². The second-order valence-corrected chi connectivity index (χ2v) is 6.64. The molecule has 0 radical (unpaired) electrons. The summed E-state index contributed by atoms with van der Waals surface area (Å²) in [5.74, 6) is -1.36. The summed E-state index contributed by atoms with van der Waals surface area (Å²) in [7, 11) is -0.596. The van der Waals surface area contributed by atoms with Crippen LogP contribution in [0.25, 0.3) is 0 Å². The number of benzene rings is 1. The van der Waals surface area contributed by atoms with E-state index in [1.54, 1.807) is 18.2 Å². The Morgan fingerprint density at radius 1 is 1.42 bits per heavy atom. The van der Waals surface area contributed by atoms with Gasteiger partial charge in [-0.05, 0) is 40.8 Å². The van der Waals surface area contributed by atoms with Crippen molar-refractivity contribution in [1.82, 2.24) is 0 Å². The van der Waals surface area contributed by atoms with Crippen LogP contribution in [0, 0.1) is 3.57 Å². The van der Waals surface area contributed by atoms with Crippen LogP contribution in [0.15, 0.2) is 18.2 Å². The topological polar surface area (TPSA) is 86.7 Å². The molecule has 0 atom stereocenters. The number of carbonyl (C=O) groups is 1. The van der Waals surface area contributed by atoms with Gasteiger partial charge in [0.05, 0.1) is 21.4 Å². The number of hydrogen-bond donors (Lipinski definition) is 0. The van der Waals surface area contributed by atoms with Gasteiger partial charge >= 0.3 is 5.97 Å². The van der Waals surface area contributed by atoms with Gasteiger partial charge in [-0.1, -0.05) is 0 Å². The van der Waals surface area contributed by atoms with Crippen molar-refractivity contribution in [3.8, 4) is 0 Å². The molecule has 106 valence electrons. The van der Waals surface area contributed by atoms with Crippen molar-refractivity contribution in [2.75, 3.05) is 31.4 Å². The largest absolute Gasteiger partial charge is 0.748 e. The quantitative estimate of drug-likeness (QED) is 0.419. The van der Waals surface area contributed by atoms with Crippen molar-refractivity contribution < 1.29 is 22.5 Å². The minimum Gasteiger partial charge on any atom is -0.748 e. The molecule has 19 heavy (non-hydrogen) atoms. The third kappa shape index (κ3) is 5.33. The normalized spacial score (nSPS) is 11.2. The average Bonchev–Trinajstić information content (AvgIpc) is 2.26. The first-order valence-electron chi connectivity index (χ1n) is 5.28. The zero-order valence-electron chi connectivity index (χ0n) is 10.4. The Morgan fingerprint density at radius 3 is 2.53 bits per heavy atom. The zero-order chi connectivity index (χ0) is 14.6. The molecule has 0 spiro atoms. The highest BCUT2D eigenvalue weighted by Crippen LogP contribution is 2.22. The van der Waals surface area contributed by atoms with E-state index in [1.807, 2.05) is 19.0 Å². The van der Waals surface area contributed by atoms with Gasteiger partial charge < -0.3 is 14.2 Å². The lowest BCUT2D eigenvalue weighted by Gasteiger charge is -2.15. The van der Waals surface area contributed by atoms with Crippen LogP contribution in [0.3, 0.4) is 0 Å². The molecule has 8 heteroatoms. The van der Waals surface area contributed by atoms with Crippen molar-refractivity contribution in [2.24, 2.45) is 0 Å². The van der Waals surface area contributed by atoms with E-state index in [4.69, 9.17) is 4.74 Å². The summed E-state index contributed by atoms with van der Waals surface area (Å²) in [5.41, 5.74) is 1.28. The SMILES string of the molecule is CN(C)c1ccc(C(=O)OCCS(=O)(=O)[O-])cc1I. The van der Waals surface area contributed by atoms with Gasteiger partial charge in [-0.3, -0.25) is 0 Å². The van der Waals surface area contributed by atoms with E-state index < -0.39 is 28.4 Å². The second-order valence-electron chi connectivity index (χ2n) is 3.96. The Balaban J connectivity index is 2.71. The van der Waals surface area contributed by atoms with Crippen molar-refractivity contribution in [3.63, 3.8) is 0 Å². The Labute approximate surface area is 125 Å². The molecule has 0 saturated heterocycles. The van der Waals surface area contributed by atoms with Gasteiger partial charge in [-0.2, -0.15) is 0 Å². The highest BCUT2D eigenvalue weighted by Gasteiger charge is 2.11. The molecule has 0 fully saturated rings.